The number of nitrogens with zero attached hydrogens (tertiary/aromatic N) is 4. The van der Waals surface area contributed by atoms with Crippen molar-refractivity contribution in [3.05, 3.63) is 59.0 Å². The molecule has 7 nitrogen and oxygen atoms in total. The minimum atomic E-state index is -0.288. The van der Waals surface area contributed by atoms with Crippen LogP contribution < -0.4 is 5.32 Å². The summed E-state index contributed by atoms with van der Waals surface area (Å²) < 4.78 is 0. The van der Waals surface area contributed by atoms with Crippen molar-refractivity contribution in [2.45, 2.75) is 38.6 Å². The molecule has 2 aliphatic heterocycles. The van der Waals surface area contributed by atoms with Crippen LogP contribution >= 0.6 is 0 Å². The Morgan fingerprint density at radius 3 is 2.90 bits per heavy atom. The first-order valence-corrected chi connectivity index (χ1v) is 10.2. The summed E-state index contributed by atoms with van der Waals surface area (Å²) in [7, 11) is 3.87. The molecule has 0 spiro atoms. The molecule has 3 heterocycles. The molecule has 3 N–H and O–H groups in total. The number of aromatic amines is 1. The van der Waals surface area contributed by atoms with Crippen molar-refractivity contribution < 1.29 is 0 Å². The van der Waals surface area contributed by atoms with Gasteiger partial charge in [-0.25, -0.2) is 0 Å². The molecule has 0 aromatic carbocycles. The van der Waals surface area contributed by atoms with E-state index in [2.05, 4.69) is 58.4 Å². The Labute approximate surface area is 178 Å². The van der Waals surface area contributed by atoms with Crippen LogP contribution in [0.1, 0.15) is 38.2 Å². The first kappa shape index (κ1) is 21.5. The molecule has 3 aliphatic rings. The first-order chi connectivity index (χ1) is 14.5. The fourth-order valence-electron chi connectivity index (χ4n) is 4.03. The number of allylic oxidation sites excluding steroid dienone is 5. The molecule has 7 heteroatoms. The Morgan fingerprint density at radius 1 is 1.43 bits per heavy atom. The molecular weight excluding hydrogens is 374 g/mol. The molecule has 1 unspecified atom stereocenters. The summed E-state index contributed by atoms with van der Waals surface area (Å²) in [4.78, 5) is 6.53. The summed E-state index contributed by atoms with van der Waals surface area (Å²) in [5.41, 5.74) is 4.65. The smallest absolute Gasteiger partial charge is 0.129 e. The van der Waals surface area contributed by atoms with E-state index in [0.717, 1.165) is 23.0 Å². The average molecular weight is 404 g/mol. The van der Waals surface area contributed by atoms with Gasteiger partial charge in [0.25, 0.3) is 0 Å². The number of hydrogen-bond donors (Lipinski definition) is 3. The van der Waals surface area contributed by atoms with Crippen molar-refractivity contribution in [2.75, 3.05) is 26.0 Å². The number of nitrogens with one attached hydrogen (secondary N) is 3. The van der Waals surface area contributed by atoms with Crippen LogP contribution in [-0.2, 0) is 0 Å². The van der Waals surface area contributed by atoms with Crippen LogP contribution in [0, 0.1) is 16.7 Å². The first-order valence-electron chi connectivity index (χ1n) is 10.2. The quantitative estimate of drug-likeness (QED) is 0.513. The van der Waals surface area contributed by atoms with E-state index >= 15 is 0 Å². The van der Waals surface area contributed by atoms with Gasteiger partial charge >= 0.3 is 0 Å². The third kappa shape index (κ3) is 4.34. The summed E-state index contributed by atoms with van der Waals surface area (Å²) in [5, 5.41) is 27.5. The van der Waals surface area contributed by atoms with Gasteiger partial charge in [-0.1, -0.05) is 30.7 Å². The normalized spacial score (nSPS) is 24.6. The van der Waals surface area contributed by atoms with Gasteiger partial charge in [0.1, 0.15) is 5.82 Å². The summed E-state index contributed by atoms with van der Waals surface area (Å²) in [5.74, 6) is 0.469. The Kier molecular flexibility index (Phi) is 6.80. The van der Waals surface area contributed by atoms with Crippen molar-refractivity contribution in [3.63, 3.8) is 0 Å². The standard InChI is InChI=1S/C14H12N6.C9H17N/c1-17-11-4-2-3-9(13(11)16)12-8(5-15)6-18-14-10(12)7-19-20-14;1-4-9-6-5-8(2)7-10(9)3/h2-4,6-7,12,16H,1H3,(H2,18,19,20);5,9H,4,6-7H2,1-3H3/t;9-/m.0/s1. The lowest BCUT2D eigenvalue weighted by Crippen LogP contribution is -2.34. The largest absolute Gasteiger partial charge is 0.346 e. The van der Waals surface area contributed by atoms with Crippen LogP contribution in [0.4, 0.5) is 5.82 Å². The van der Waals surface area contributed by atoms with Gasteiger partial charge in [0.05, 0.1) is 35.2 Å². The fourth-order valence-corrected chi connectivity index (χ4v) is 4.03. The highest BCUT2D eigenvalue weighted by molar-refractivity contribution is 6.52. The molecule has 0 amide bonds. The topological polar surface area (TPSA) is 104 Å². The third-order valence-electron chi connectivity index (χ3n) is 5.75. The molecule has 0 saturated heterocycles. The van der Waals surface area contributed by atoms with E-state index in [0.29, 0.717) is 17.0 Å². The fraction of sp³-hybridized carbons (Fsp3) is 0.391. The van der Waals surface area contributed by atoms with Gasteiger partial charge in [-0.2, -0.15) is 10.4 Å². The number of likely N-dealkylation sites (N-methyl/N-ethyl adjacent to an activating group) is 1. The number of aliphatic imine (C=N–C) groups is 1. The molecule has 2 atom stereocenters. The lowest BCUT2D eigenvalue weighted by atomic mass is 9.80. The van der Waals surface area contributed by atoms with Crippen molar-refractivity contribution >= 4 is 17.2 Å². The summed E-state index contributed by atoms with van der Waals surface area (Å²) in [6.07, 6.45) is 13.7. The second kappa shape index (κ2) is 9.51. The van der Waals surface area contributed by atoms with Gasteiger partial charge in [0, 0.05) is 31.4 Å². The summed E-state index contributed by atoms with van der Waals surface area (Å²) in [6, 6.07) is 2.99. The Hall–Kier alpha value is -3.24. The number of hydrogen-bond acceptors (Lipinski definition) is 6. The highest BCUT2D eigenvalue weighted by atomic mass is 15.2. The number of H-pyrrole nitrogens is 1. The van der Waals surface area contributed by atoms with E-state index in [-0.39, 0.29) is 5.92 Å². The molecule has 1 aromatic heterocycles. The zero-order valence-electron chi connectivity index (χ0n) is 18.0. The lowest BCUT2D eigenvalue weighted by molar-refractivity contribution is 0.243. The minimum Gasteiger partial charge on any atom is -0.346 e. The second-order valence-electron chi connectivity index (χ2n) is 7.72. The number of rotatable bonds is 2. The summed E-state index contributed by atoms with van der Waals surface area (Å²) in [6.45, 7) is 5.64. The van der Waals surface area contributed by atoms with E-state index in [9.17, 15) is 5.26 Å². The maximum absolute atomic E-state index is 9.33. The predicted octanol–water partition coefficient (Wildman–Crippen LogP) is 3.96. The molecule has 0 radical (unpaired) electrons. The molecule has 156 valence electrons. The Morgan fingerprint density at radius 2 is 2.23 bits per heavy atom. The highest BCUT2D eigenvalue weighted by Crippen LogP contribution is 2.39. The van der Waals surface area contributed by atoms with E-state index < -0.39 is 0 Å². The van der Waals surface area contributed by atoms with E-state index in [4.69, 9.17) is 5.41 Å². The zero-order chi connectivity index (χ0) is 21.7. The SMILES string of the molecule is CC[C@H]1CC=C(C)CN1C.CN=C1C=CC=C(C2C(C#N)=CNc3[nH]ncc32)C1=N. The van der Waals surface area contributed by atoms with Gasteiger partial charge in [0.2, 0.25) is 0 Å². The number of anilines is 1. The monoisotopic (exact) mass is 403 g/mol. The molecule has 30 heavy (non-hydrogen) atoms. The average Bonchev–Trinajstić information content (AvgIpc) is 3.23. The lowest BCUT2D eigenvalue weighted by Gasteiger charge is -2.30. The van der Waals surface area contributed by atoms with Crippen molar-refractivity contribution in [2.24, 2.45) is 4.99 Å². The van der Waals surface area contributed by atoms with Gasteiger partial charge in [-0.05, 0) is 38.5 Å². The third-order valence-corrected chi connectivity index (χ3v) is 5.75. The molecule has 0 fully saturated rings. The van der Waals surface area contributed by atoms with E-state index in [1.165, 1.54) is 25.0 Å². The Bertz CT molecular complexity index is 997. The van der Waals surface area contributed by atoms with Crippen LogP contribution in [0.3, 0.4) is 0 Å². The zero-order valence-corrected chi connectivity index (χ0v) is 18.0. The van der Waals surface area contributed by atoms with Crippen molar-refractivity contribution in [3.8, 4) is 6.07 Å². The maximum atomic E-state index is 9.33. The van der Waals surface area contributed by atoms with Gasteiger partial charge in [-0.15, -0.1) is 0 Å². The summed E-state index contributed by atoms with van der Waals surface area (Å²) >= 11 is 0. The molecule has 0 bridgehead atoms. The molecule has 1 aliphatic carbocycles. The molecular formula is C23H29N7. The van der Waals surface area contributed by atoms with Crippen molar-refractivity contribution in [1.82, 2.24) is 15.1 Å². The maximum Gasteiger partial charge on any atom is 0.129 e. The van der Waals surface area contributed by atoms with Gasteiger partial charge in [0.15, 0.2) is 0 Å². The Balaban J connectivity index is 0.000000216. The van der Waals surface area contributed by atoms with Crippen LogP contribution in [0.15, 0.2) is 58.4 Å². The van der Waals surface area contributed by atoms with Gasteiger partial charge in [-0.3, -0.25) is 20.4 Å². The van der Waals surface area contributed by atoms with Crippen LogP contribution in [0.5, 0.6) is 0 Å². The van der Waals surface area contributed by atoms with E-state index in [1.807, 2.05) is 12.2 Å². The number of fused-ring (bicyclic) bond motifs is 1. The molecule has 0 saturated carbocycles. The number of nitriles is 1. The van der Waals surface area contributed by atoms with E-state index in [1.54, 1.807) is 25.5 Å². The predicted molar refractivity (Wildman–Crippen MR) is 122 cm³/mol. The van der Waals surface area contributed by atoms with Crippen LogP contribution in [0.25, 0.3) is 0 Å². The second-order valence-corrected chi connectivity index (χ2v) is 7.72. The highest BCUT2D eigenvalue weighted by Gasteiger charge is 2.32. The molecule has 4 rings (SSSR count). The van der Waals surface area contributed by atoms with Gasteiger partial charge < -0.3 is 5.32 Å². The van der Waals surface area contributed by atoms with Crippen molar-refractivity contribution in [1.29, 1.82) is 10.7 Å². The van der Waals surface area contributed by atoms with Crippen LogP contribution in [0.2, 0.25) is 0 Å². The molecule has 1 aromatic rings. The van der Waals surface area contributed by atoms with Crippen LogP contribution in [-0.4, -0.2) is 53.2 Å². The minimum absolute atomic E-state index is 0.288. The number of aromatic nitrogens is 2.